The van der Waals surface area contributed by atoms with Crippen molar-refractivity contribution in [2.24, 2.45) is 18.7 Å². The lowest BCUT2D eigenvalue weighted by molar-refractivity contribution is -0.144. The number of carbonyl (C=O) groups is 2. The van der Waals surface area contributed by atoms with Crippen LogP contribution in [-0.4, -0.2) is 58.4 Å². The monoisotopic (exact) mass is 332 g/mol. The summed E-state index contributed by atoms with van der Waals surface area (Å²) in [4.78, 5) is 28.8. The number of rotatable bonds is 5. The minimum absolute atomic E-state index is 0.199. The highest BCUT2D eigenvalue weighted by atomic mass is 16.2. The third-order valence-electron chi connectivity index (χ3n) is 5.35. The maximum Gasteiger partial charge on any atom is 0.227 e. The number of hydrogen-bond acceptors (Lipinski definition) is 3. The Bertz CT molecular complexity index is 598. The van der Waals surface area contributed by atoms with E-state index in [0.717, 1.165) is 44.5 Å². The molecule has 0 aromatic carbocycles. The molecular formula is C18H28N4O2. The van der Waals surface area contributed by atoms with Crippen molar-refractivity contribution in [2.45, 2.75) is 38.1 Å². The molecular weight excluding hydrogens is 304 g/mol. The van der Waals surface area contributed by atoms with E-state index in [9.17, 15) is 9.59 Å². The SMILES string of the molecule is Cn1ccc(CC(=O)N2CC[C@@H]3[C@@H](CCC(=O)N3CCCN)C2)c1. The first-order chi connectivity index (χ1) is 11.6. The van der Waals surface area contributed by atoms with Crippen LogP contribution in [0.25, 0.3) is 0 Å². The Morgan fingerprint density at radius 2 is 2.21 bits per heavy atom. The third-order valence-corrected chi connectivity index (χ3v) is 5.35. The molecule has 3 rings (SSSR count). The molecule has 6 nitrogen and oxygen atoms in total. The van der Waals surface area contributed by atoms with Crippen molar-refractivity contribution in [3.8, 4) is 0 Å². The van der Waals surface area contributed by atoms with E-state index in [0.29, 0.717) is 31.3 Å². The van der Waals surface area contributed by atoms with Gasteiger partial charge in [-0.05, 0) is 43.4 Å². The van der Waals surface area contributed by atoms with Crippen molar-refractivity contribution in [1.82, 2.24) is 14.4 Å². The summed E-state index contributed by atoms with van der Waals surface area (Å²) in [6, 6.07) is 2.29. The lowest BCUT2D eigenvalue weighted by Crippen LogP contribution is -2.57. The molecule has 0 bridgehead atoms. The topological polar surface area (TPSA) is 71.6 Å². The summed E-state index contributed by atoms with van der Waals surface area (Å²) in [5.74, 6) is 0.868. The zero-order valence-electron chi connectivity index (χ0n) is 14.5. The van der Waals surface area contributed by atoms with Crippen LogP contribution in [-0.2, 0) is 23.1 Å². The molecule has 2 aliphatic rings. The van der Waals surface area contributed by atoms with Crippen LogP contribution in [0.1, 0.15) is 31.2 Å². The van der Waals surface area contributed by atoms with Gasteiger partial charge in [0.15, 0.2) is 0 Å². The van der Waals surface area contributed by atoms with Crippen LogP contribution in [0, 0.1) is 5.92 Å². The molecule has 24 heavy (non-hydrogen) atoms. The van der Waals surface area contributed by atoms with E-state index >= 15 is 0 Å². The van der Waals surface area contributed by atoms with Crippen molar-refractivity contribution >= 4 is 11.8 Å². The van der Waals surface area contributed by atoms with Gasteiger partial charge in [0.2, 0.25) is 11.8 Å². The second kappa shape index (κ2) is 7.38. The van der Waals surface area contributed by atoms with Gasteiger partial charge in [-0.1, -0.05) is 0 Å². The summed E-state index contributed by atoms with van der Waals surface area (Å²) in [7, 11) is 1.97. The average molecular weight is 332 g/mol. The summed E-state index contributed by atoms with van der Waals surface area (Å²) in [5, 5.41) is 0. The van der Waals surface area contributed by atoms with E-state index in [2.05, 4.69) is 0 Å². The highest BCUT2D eigenvalue weighted by Crippen LogP contribution is 2.31. The number of aryl methyl sites for hydroxylation is 1. The van der Waals surface area contributed by atoms with Gasteiger partial charge >= 0.3 is 0 Å². The summed E-state index contributed by atoms with van der Waals surface area (Å²) in [6.07, 6.45) is 7.68. The fraction of sp³-hybridized carbons (Fsp3) is 0.667. The van der Waals surface area contributed by atoms with E-state index in [1.165, 1.54) is 0 Å². The number of carbonyl (C=O) groups excluding carboxylic acids is 2. The molecule has 0 aliphatic carbocycles. The predicted octanol–water partition coefficient (Wildman–Crippen LogP) is 0.756. The molecule has 0 saturated carbocycles. The molecule has 132 valence electrons. The molecule has 6 heteroatoms. The van der Waals surface area contributed by atoms with Gasteiger partial charge in [0.1, 0.15) is 0 Å². The Kier molecular flexibility index (Phi) is 5.23. The van der Waals surface area contributed by atoms with Gasteiger partial charge in [-0.15, -0.1) is 0 Å². The van der Waals surface area contributed by atoms with Gasteiger partial charge in [0, 0.05) is 51.5 Å². The number of amides is 2. The predicted molar refractivity (Wildman–Crippen MR) is 92.2 cm³/mol. The Labute approximate surface area is 143 Å². The Morgan fingerprint density at radius 1 is 1.38 bits per heavy atom. The maximum atomic E-state index is 12.6. The number of nitrogens with two attached hydrogens (primary N) is 1. The van der Waals surface area contributed by atoms with Crippen molar-refractivity contribution < 1.29 is 9.59 Å². The van der Waals surface area contributed by atoms with Crippen molar-refractivity contribution in [2.75, 3.05) is 26.2 Å². The quantitative estimate of drug-likeness (QED) is 0.865. The van der Waals surface area contributed by atoms with Crippen LogP contribution in [0.4, 0.5) is 0 Å². The van der Waals surface area contributed by atoms with Crippen molar-refractivity contribution in [3.63, 3.8) is 0 Å². The smallest absolute Gasteiger partial charge is 0.227 e. The van der Waals surface area contributed by atoms with E-state index in [4.69, 9.17) is 5.73 Å². The summed E-state index contributed by atoms with van der Waals surface area (Å²) >= 11 is 0. The molecule has 2 amide bonds. The minimum atomic E-state index is 0.199. The molecule has 2 N–H and O–H groups in total. The second-order valence-electron chi connectivity index (χ2n) is 7.09. The average Bonchev–Trinajstić information content (AvgIpc) is 2.98. The molecule has 2 atom stereocenters. The Balaban J connectivity index is 1.59. The molecule has 2 aliphatic heterocycles. The lowest BCUT2D eigenvalue weighted by atomic mass is 9.83. The Morgan fingerprint density at radius 3 is 2.92 bits per heavy atom. The number of fused-ring (bicyclic) bond motifs is 1. The van der Waals surface area contributed by atoms with Crippen LogP contribution in [0.2, 0.25) is 0 Å². The standard InChI is InChI=1S/C18H28N4O2/c1-20-9-5-14(12-20)11-18(24)21-10-6-16-15(13-21)3-4-17(23)22(16)8-2-7-19/h5,9,12,15-16H,2-4,6-8,10-11,13,19H2,1H3/t15-,16+/m0/s1. The minimum Gasteiger partial charge on any atom is -0.357 e. The van der Waals surface area contributed by atoms with Gasteiger partial charge in [-0.3, -0.25) is 9.59 Å². The van der Waals surface area contributed by atoms with E-state index in [-0.39, 0.29) is 11.8 Å². The normalized spacial score (nSPS) is 24.2. The fourth-order valence-electron chi connectivity index (χ4n) is 4.08. The first-order valence-electron chi connectivity index (χ1n) is 8.96. The van der Waals surface area contributed by atoms with Gasteiger partial charge in [0.25, 0.3) is 0 Å². The summed E-state index contributed by atoms with van der Waals surface area (Å²) in [6.45, 7) is 2.90. The van der Waals surface area contributed by atoms with Gasteiger partial charge in [-0.2, -0.15) is 0 Å². The molecule has 0 unspecified atom stereocenters. The summed E-state index contributed by atoms with van der Waals surface area (Å²) < 4.78 is 1.97. The highest BCUT2D eigenvalue weighted by Gasteiger charge is 2.39. The maximum absolute atomic E-state index is 12.6. The second-order valence-corrected chi connectivity index (χ2v) is 7.09. The third kappa shape index (κ3) is 3.64. The zero-order valence-corrected chi connectivity index (χ0v) is 14.5. The van der Waals surface area contributed by atoms with Crippen LogP contribution in [0.5, 0.6) is 0 Å². The largest absolute Gasteiger partial charge is 0.357 e. The van der Waals surface area contributed by atoms with Crippen molar-refractivity contribution in [3.05, 3.63) is 24.0 Å². The van der Waals surface area contributed by atoms with Crippen molar-refractivity contribution in [1.29, 1.82) is 0 Å². The zero-order chi connectivity index (χ0) is 17.1. The molecule has 1 aromatic heterocycles. The molecule has 2 fully saturated rings. The fourth-order valence-corrected chi connectivity index (χ4v) is 4.08. The van der Waals surface area contributed by atoms with Gasteiger partial charge < -0.3 is 20.1 Å². The number of nitrogens with zero attached hydrogens (tertiary/aromatic N) is 3. The molecule has 3 heterocycles. The van der Waals surface area contributed by atoms with Crippen LogP contribution < -0.4 is 5.73 Å². The van der Waals surface area contributed by atoms with E-state index in [1.807, 2.05) is 39.9 Å². The highest BCUT2D eigenvalue weighted by molar-refractivity contribution is 5.79. The number of aromatic nitrogens is 1. The van der Waals surface area contributed by atoms with Crippen LogP contribution >= 0.6 is 0 Å². The van der Waals surface area contributed by atoms with E-state index in [1.54, 1.807) is 0 Å². The molecule has 1 aromatic rings. The number of hydrogen-bond donors (Lipinski definition) is 1. The van der Waals surface area contributed by atoms with E-state index < -0.39 is 0 Å². The lowest BCUT2D eigenvalue weighted by Gasteiger charge is -2.47. The molecule has 2 saturated heterocycles. The molecule has 0 spiro atoms. The van der Waals surface area contributed by atoms with Crippen LogP contribution in [0.15, 0.2) is 18.5 Å². The number of likely N-dealkylation sites (tertiary alicyclic amines) is 2. The Hall–Kier alpha value is -1.82. The van der Waals surface area contributed by atoms with Gasteiger partial charge in [-0.25, -0.2) is 0 Å². The van der Waals surface area contributed by atoms with Gasteiger partial charge in [0.05, 0.1) is 6.42 Å². The first kappa shape index (κ1) is 17.0. The number of piperidine rings is 2. The molecule has 0 radical (unpaired) electrons. The van der Waals surface area contributed by atoms with Crippen LogP contribution in [0.3, 0.4) is 0 Å². The first-order valence-corrected chi connectivity index (χ1v) is 8.96. The summed E-state index contributed by atoms with van der Waals surface area (Å²) in [5.41, 5.74) is 6.67.